The molecule has 1 aromatic carbocycles. The maximum Gasteiger partial charge on any atom is 0.322 e. The van der Waals surface area contributed by atoms with Gasteiger partial charge in [-0.15, -0.1) is 0 Å². The number of carbonyl (C=O) groups is 4. The first-order valence-electron chi connectivity index (χ1n) is 11.1. The largest absolute Gasteiger partial charge is 0.347 e. The van der Waals surface area contributed by atoms with E-state index in [0.29, 0.717) is 29.0 Å². The number of hydrogen-bond donors (Lipinski definition) is 4. The molecule has 1 unspecified atom stereocenters. The average Bonchev–Trinajstić information content (AvgIpc) is 2.98. The second-order valence-electron chi connectivity index (χ2n) is 10.0. The van der Waals surface area contributed by atoms with Gasteiger partial charge in [-0.2, -0.15) is 0 Å². The lowest BCUT2D eigenvalue weighted by atomic mass is 9.49. The highest BCUT2D eigenvalue weighted by atomic mass is 16.2. The Labute approximate surface area is 180 Å². The second-order valence-corrected chi connectivity index (χ2v) is 10.0. The van der Waals surface area contributed by atoms with Gasteiger partial charge in [0.1, 0.15) is 5.54 Å². The van der Waals surface area contributed by atoms with Crippen molar-refractivity contribution in [2.24, 2.45) is 23.2 Å². The van der Waals surface area contributed by atoms with Gasteiger partial charge in [-0.25, -0.2) is 4.79 Å². The molecule has 6 rings (SSSR count). The van der Waals surface area contributed by atoms with Crippen molar-refractivity contribution in [3.8, 4) is 0 Å². The number of anilines is 1. The number of rotatable bonds is 5. The fraction of sp³-hybridized carbons (Fsp3) is 0.565. The Morgan fingerprint density at radius 2 is 1.71 bits per heavy atom. The number of urea groups is 1. The minimum atomic E-state index is -1.19. The first-order valence-corrected chi connectivity index (χ1v) is 11.1. The molecule has 4 bridgehead atoms. The molecule has 1 atom stereocenters. The lowest BCUT2D eigenvalue weighted by molar-refractivity contribution is -0.146. The Morgan fingerprint density at radius 3 is 2.29 bits per heavy atom. The first kappa shape index (κ1) is 20.0. The molecule has 5 aliphatic rings. The summed E-state index contributed by atoms with van der Waals surface area (Å²) in [5.74, 6) is 1.27. The third kappa shape index (κ3) is 3.47. The molecule has 1 heterocycles. The number of amides is 5. The maximum absolute atomic E-state index is 13.0. The number of benzene rings is 1. The van der Waals surface area contributed by atoms with E-state index in [-0.39, 0.29) is 23.8 Å². The van der Waals surface area contributed by atoms with Gasteiger partial charge >= 0.3 is 6.03 Å². The Bertz CT molecular complexity index is 939. The van der Waals surface area contributed by atoms with E-state index in [4.69, 9.17) is 0 Å². The molecule has 4 N–H and O–H groups in total. The van der Waals surface area contributed by atoms with Crippen molar-refractivity contribution in [3.63, 3.8) is 0 Å². The Morgan fingerprint density at radius 1 is 1.06 bits per heavy atom. The van der Waals surface area contributed by atoms with Crippen molar-refractivity contribution >= 4 is 29.4 Å². The minimum absolute atomic E-state index is 0.0216. The van der Waals surface area contributed by atoms with E-state index in [1.54, 1.807) is 31.2 Å². The summed E-state index contributed by atoms with van der Waals surface area (Å²) in [5, 5.41) is 10.5. The third-order valence-electron chi connectivity index (χ3n) is 7.70. The Balaban J connectivity index is 1.20. The van der Waals surface area contributed by atoms with E-state index in [2.05, 4.69) is 21.3 Å². The van der Waals surface area contributed by atoms with Crippen LogP contribution in [0.4, 0.5) is 10.5 Å². The highest BCUT2D eigenvalue weighted by Crippen LogP contribution is 2.60. The van der Waals surface area contributed by atoms with Gasteiger partial charge in [0.25, 0.3) is 5.91 Å². The quantitative estimate of drug-likeness (QED) is 0.541. The standard InChI is InChI=1S/C23H28N4O4/c1-22(19(29)26-21(31)27-22)16-3-2-4-17(8-16)25-18(28)12-24-20(30)23-9-13-5-14(10-23)7-15(6-13)11-23/h2-4,8,13-15H,5-7,9-12H2,1H3,(H,24,30)(H,25,28)(H2,26,27,29,31). The fourth-order valence-corrected chi connectivity index (χ4v) is 6.60. The van der Waals surface area contributed by atoms with Crippen molar-refractivity contribution < 1.29 is 19.2 Å². The van der Waals surface area contributed by atoms with Crippen molar-refractivity contribution in [1.82, 2.24) is 16.0 Å². The molecule has 1 aliphatic heterocycles. The Kier molecular flexibility index (Phi) is 4.57. The molecule has 1 aromatic rings. The molecule has 164 valence electrons. The predicted molar refractivity (Wildman–Crippen MR) is 113 cm³/mol. The first-order chi connectivity index (χ1) is 14.8. The summed E-state index contributed by atoms with van der Waals surface area (Å²) in [4.78, 5) is 49.2. The van der Waals surface area contributed by atoms with Crippen LogP contribution in [0.3, 0.4) is 0 Å². The van der Waals surface area contributed by atoms with Gasteiger partial charge in [-0.05, 0) is 80.9 Å². The summed E-state index contributed by atoms with van der Waals surface area (Å²) in [6.07, 6.45) is 6.67. The minimum Gasteiger partial charge on any atom is -0.347 e. The van der Waals surface area contributed by atoms with Crippen LogP contribution in [0.15, 0.2) is 24.3 Å². The second kappa shape index (κ2) is 7.07. The summed E-state index contributed by atoms with van der Waals surface area (Å²) >= 11 is 0. The predicted octanol–water partition coefficient (Wildman–Crippen LogP) is 2.01. The van der Waals surface area contributed by atoms with Crippen LogP contribution in [-0.2, 0) is 19.9 Å². The van der Waals surface area contributed by atoms with Gasteiger partial charge in [0.2, 0.25) is 11.8 Å². The third-order valence-corrected chi connectivity index (χ3v) is 7.70. The van der Waals surface area contributed by atoms with Crippen LogP contribution in [0.2, 0.25) is 0 Å². The van der Waals surface area contributed by atoms with E-state index < -0.39 is 17.5 Å². The summed E-state index contributed by atoms with van der Waals surface area (Å²) in [6, 6.07) is 6.25. The molecular formula is C23H28N4O4. The molecule has 5 fully saturated rings. The molecule has 8 nitrogen and oxygen atoms in total. The van der Waals surface area contributed by atoms with Crippen molar-refractivity contribution in [3.05, 3.63) is 29.8 Å². The van der Waals surface area contributed by atoms with Gasteiger partial charge in [-0.1, -0.05) is 12.1 Å². The van der Waals surface area contributed by atoms with Gasteiger partial charge in [0.15, 0.2) is 0 Å². The van der Waals surface area contributed by atoms with Crippen molar-refractivity contribution in [2.45, 2.75) is 51.0 Å². The number of imide groups is 1. The van der Waals surface area contributed by atoms with E-state index in [0.717, 1.165) is 19.3 Å². The monoisotopic (exact) mass is 424 g/mol. The summed E-state index contributed by atoms with van der Waals surface area (Å²) in [6.45, 7) is 1.53. The van der Waals surface area contributed by atoms with Gasteiger partial charge in [0.05, 0.1) is 6.54 Å². The zero-order valence-electron chi connectivity index (χ0n) is 17.6. The van der Waals surface area contributed by atoms with Gasteiger partial charge in [-0.3, -0.25) is 19.7 Å². The molecule has 5 amide bonds. The van der Waals surface area contributed by atoms with Crippen LogP contribution < -0.4 is 21.3 Å². The number of nitrogens with one attached hydrogen (secondary N) is 4. The molecular weight excluding hydrogens is 396 g/mol. The van der Waals surface area contributed by atoms with Gasteiger partial charge in [0, 0.05) is 11.1 Å². The normalized spacial score (nSPS) is 35.5. The summed E-state index contributed by atoms with van der Waals surface area (Å²) < 4.78 is 0. The molecule has 31 heavy (non-hydrogen) atoms. The molecule has 0 aromatic heterocycles. The highest BCUT2D eigenvalue weighted by molar-refractivity contribution is 6.07. The lowest BCUT2D eigenvalue weighted by Crippen LogP contribution is -2.54. The zero-order valence-corrected chi connectivity index (χ0v) is 17.6. The number of hydrogen-bond acceptors (Lipinski definition) is 4. The van der Waals surface area contributed by atoms with E-state index in [9.17, 15) is 19.2 Å². The lowest BCUT2D eigenvalue weighted by Gasteiger charge is -2.55. The molecule has 4 aliphatic carbocycles. The molecule has 1 saturated heterocycles. The van der Waals surface area contributed by atoms with Crippen LogP contribution in [-0.4, -0.2) is 30.3 Å². The SMILES string of the molecule is CC1(c2cccc(NC(=O)CNC(=O)C34CC5CC(CC(C5)C3)C4)c2)NC(=O)NC1=O. The van der Waals surface area contributed by atoms with Crippen LogP contribution in [0, 0.1) is 23.2 Å². The smallest absolute Gasteiger partial charge is 0.322 e. The van der Waals surface area contributed by atoms with Crippen LogP contribution >= 0.6 is 0 Å². The topological polar surface area (TPSA) is 116 Å². The molecule has 4 saturated carbocycles. The summed E-state index contributed by atoms with van der Waals surface area (Å²) in [7, 11) is 0. The van der Waals surface area contributed by atoms with Crippen molar-refractivity contribution in [1.29, 1.82) is 0 Å². The molecule has 8 heteroatoms. The summed E-state index contributed by atoms with van der Waals surface area (Å²) in [5.41, 5.74) is -0.407. The van der Waals surface area contributed by atoms with Crippen LogP contribution in [0.5, 0.6) is 0 Å². The van der Waals surface area contributed by atoms with Crippen LogP contribution in [0.25, 0.3) is 0 Å². The molecule has 0 radical (unpaired) electrons. The average molecular weight is 425 g/mol. The van der Waals surface area contributed by atoms with Crippen LogP contribution in [0.1, 0.15) is 51.0 Å². The van der Waals surface area contributed by atoms with Crippen molar-refractivity contribution in [2.75, 3.05) is 11.9 Å². The maximum atomic E-state index is 13.0. The number of carbonyl (C=O) groups excluding carboxylic acids is 4. The Hall–Kier alpha value is -2.90. The zero-order chi connectivity index (χ0) is 21.8. The van der Waals surface area contributed by atoms with E-state index in [1.807, 2.05) is 0 Å². The highest BCUT2D eigenvalue weighted by Gasteiger charge is 2.54. The van der Waals surface area contributed by atoms with E-state index >= 15 is 0 Å². The fourth-order valence-electron chi connectivity index (χ4n) is 6.60. The van der Waals surface area contributed by atoms with E-state index in [1.165, 1.54) is 19.3 Å². The van der Waals surface area contributed by atoms with Gasteiger partial charge < -0.3 is 16.0 Å². The molecule has 0 spiro atoms.